The molecule has 3 nitrogen and oxygen atoms in total. The zero-order valence-electron chi connectivity index (χ0n) is 10.1. The highest BCUT2D eigenvalue weighted by Gasteiger charge is 2.16. The minimum atomic E-state index is 0.0383. The Balaban J connectivity index is 2.81. The molecular weight excluding hydrogens is 218 g/mol. The SMILES string of the molecule is CCCC(C)(C)Nc1cc(C(N)=S)ccn1. The number of hydrogen-bond acceptors (Lipinski definition) is 3. The monoisotopic (exact) mass is 237 g/mol. The molecule has 0 unspecified atom stereocenters. The van der Waals surface area contributed by atoms with Gasteiger partial charge in [-0.3, -0.25) is 0 Å². The predicted octanol–water partition coefficient (Wildman–Crippen LogP) is 2.71. The predicted molar refractivity (Wildman–Crippen MR) is 72.7 cm³/mol. The molecule has 1 aromatic heterocycles. The Bertz CT molecular complexity index is 374. The molecule has 1 heterocycles. The van der Waals surface area contributed by atoms with E-state index in [1.54, 1.807) is 6.20 Å². The van der Waals surface area contributed by atoms with Crippen molar-refractivity contribution in [2.75, 3.05) is 5.32 Å². The molecule has 0 spiro atoms. The average Bonchev–Trinajstić information content (AvgIpc) is 2.17. The molecule has 0 bridgehead atoms. The van der Waals surface area contributed by atoms with Crippen LogP contribution in [0.1, 0.15) is 39.2 Å². The average molecular weight is 237 g/mol. The molecular formula is C12H19N3S. The fraction of sp³-hybridized carbons (Fsp3) is 0.500. The van der Waals surface area contributed by atoms with Gasteiger partial charge in [0.2, 0.25) is 0 Å². The number of nitrogens with one attached hydrogen (secondary N) is 1. The van der Waals surface area contributed by atoms with Gasteiger partial charge in [0, 0.05) is 17.3 Å². The molecule has 4 heteroatoms. The highest BCUT2D eigenvalue weighted by Crippen LogP contribution is 2.18. The standard InChI is InChI=1S/C12H19N3S/c1-4-6-12(2,3)15-10-8-9(11(13)16)5-7-14-10/h5,7-8H,4,6H2,1-3H3,(H2,13,16)(H,14,15). The Kier molecular flexibility index (Phi) is 4.24. The maximum absolute atomic E-state index is 5.58. The first-order chi connectivity index (χ1) is 7.44. The quantitative estimate of drug-likeness (QED) is 0.773. The number of pyridine rings is 1. The van der Waals surface area contributed by atoms with Gasteiger partial charge in [0.05, 0.1) is 0 Å². The maximum atomic E-state index is 5.58. The lowest BCUT2D eigenvalue weighted by atomic mass is 9.99. The summed E-state index contributed by atoms with van der Waals surface area (Å²) >= 11 is 4.94. The van der Waals surface area contributed by atoms with Crippen LogP contribution in [0.2, 0.25) is 0 Å². The van der Waals surface area contributed by atoms with Gasteiger partial charge in [0.25, 0.3) is 0 Å². The van der Waals surface area contributed by atoms with Crippen LogP contribution in [0.3, 0.4) is 0 Å². The van der Waals surface area contributed by atoms with Crippen molar-refractivity contribution < 1.29 is 0 Å². The third kappa shape index (κ3) is 3.77. The van der Waals surface area contributed by atoms with E-state index in [0.29, 0.717) is 4.99 Å². The topological polar surface area (TPSA) is 50.9 Å². The Morgan fingerprint density at radius 3 is 2.81 bits per heavy atom. The van der Waals surface area contributed by atoms with Crippen LogP contribution >= 0.6 is 12.2 Å². The Morgan fingerprint density at radius 2 is 2.25 bits per heavy atom. The third-order valence-corrected chi connectivity index (χ3v) is 2.62. The fourth-order valence-electron chi connectivity index (χ4n) is 1.69. The van der Waals surface area contributed by atoms with E-state index >= 15 is 0 Å². The molecule has 0 saturated heterocycles. The van der Waals surface area contributed by atoms with Crippen molar-refractivity contribution in [1.29, 1.82) is 0 Å². The highest BCUT2D eigenvalue weighted by molar-refractivity contribution is 7.80. The van der Waals surface area contributed by atoms with E-state index in [2.05, 4.69) is 31.1 Å². The van der Waals surface area contributed by atoms with Gasteiger partial charge in [0.1, 0.15) is 10.8 Å². The first kappa shape index (κ1) is 12.9. The smallest absolute Gasteiger partial charge is 0.126 e. The number of rotatable bonds is 5. The number of nitrogens with two attached hydrogens (primary N) is 1. The van der Waals surface area contributed by atoms with Crippen molar-refractivity contribution in [3.05, 3.63) is 23.9 Å². The molecule has 0 fully saturated rings. The fourth-order valence-corrected chi connectivity index (χ4v) is 1.81. The summed E-state index contributed by atoms with van der Waals surface area (Å²) in [7, 11) is 0. The van der Waals surface area contributed by atoms with Gasteiger partial charge >= 0.3 is 0 Å². The van der Waals surface area contributed by atoms with Crippen molar-refractivity contribution in [1.82, 2.24) is 4.98 Å². The van der Waals surface area contributed by atoms with Gasteiger partial charge in [-0.05, 0) is 32.4 Å². The molecule has 16 heavy (non-hydrogen) atoms. The Morgan fingerprint density at radius 1 is 1.56 bits per heavy atom. The zero-order valence-corrected chi connectivity index (χ0v) is 10.9. The Hall–Kier alpha value is -1.16. The van der Waals surface area contributed by atoms with E-state index in [4.69, 9.17) is 18.0 Å². The molecule has 0 aliphatic heterocycles. The zero-order chi connectivity index (χ0) is 12.2. The van der Waals surface area contributed by atoms with Gasteiger partial charge in [0.15, 0.2) is 0 Å². The van der Waals surface area contributed by atoms with Crippen molar-refractivity contribution in [3.8, 4) is 0 Å². The molecule has 0 atom stereocenters. The van der Waals surface area contributed by atoms with Crippen molar-refractivity contribution in [3.63, 3.8) is 0 Å². The number of aromatic nitrogens is 1. The molecule has 3 N–H and O–H groups in total. The molecule has 0 aromatic carbocycles. The summed E-state index contributed by atoms with van der Waals surface area (Å²) in [6.07, 6.45) is 3.94. The second-order valence-electron chi connectivity index (χ2n) is 4.55. The summed E-state index contributed by atoms with van der Waals surface area (Å²) in [5.41, 5.74) is 6.47. The van der Waals surface area contributed by atoms with Gasteiger partial charge in [-0.2, -0.15) is 0 Å². The van der Waals surface area contributed by atoms with E-state index < -0.39 is 0 Å². The van der Waals surface area contributed by atoms with E-state index in [0.717, 1.165) is 24.2 Å². The Labute approximate surface area is 102 Å². The first-order valence-corrected chi connectivity index (χ1v) is 5.89. The normalized spacial score (nSPS) is 11.2. The molecule has 0 amide bonds. The van der Waals surface area contributed by atoms with Crippen LogP contribution < -0.4 is 11.1 Å². The van der Waals surface area contributed by atoms with Crippen LogP contribution in [0.15, 0.2) is 18.3 Å². The second-order valence-corrected chi connectivity index (χ2v) is 4.99. The minimum Gasteiger partial charge on any atom is -0.389 e. The molecule has 0 saturated carbocycles. The summed E-state index contributed by atoms with van der Waals surface area (Å²) in [4.78, 5) is 4.66. The maximum Gasteiger partial charge on any atom is 0.126 e. The van der Waals surface area contributed by atoms with Crippen LogP contribution in [0, 0.1) is 0 Å². The third-order valence-electron chi connectivity index (χ3n) is 2.39. The largest absolute Gasteiger partial charge is 0.389 e. The van der Waals surface area contributed by atoms with Crippen LogP contribution in [0.5, 0.6) is 0 Å². The van der Waals surface area contributed by atoms with Crippen molar-refractivity contribution in [2.45, 2.75) is 39.2 Å². The molecule has 0 radical (unpaired) electrons. The van der Waals surface area contributed by atoms with E-state index in [1.807, 2.05) is 12.1 Å². The highest BCUT2D eigenvalue weighted by atomic mass is 32.1. The lowest BCUT2D eigenvalue weighted by Gasteiger charge is -2.26. The van der Waals surface area contributed by atoms with E-state index in [1.165, 1.54) is 0 Å². The van der Waals surface area contributed by atoms with Gasteiger partial charge in [-0.15, -0.1) is 0 Å². The van der Waals surface area contributed by atoms with E-state index in [-0.39, 0.29) is 5.54 Å². The number of thiocarbonyl (C=S) groups is 1. The number of nitrogens with zero attached hydrogens (tertiary/aromatic N) is 1. The summed E-state index contributed by atoms with van der Waals surface area (Å²) in [5, 5.41) is 3.39. The van der Waals surface area contributed by atoms with Crippen LogP contribution in [0.25, 0.3) is 0 Å². The minimum absolute atomic E-state index is 0.0383. The lowest BCUT2D eigenvalue weighted by molar-refractivity contribution is 0.509. The summed E-state index contributed by atoms with van der Waals surface area (Å²) in [6.45, 7) is 6.49. The second kappa shape index (κ2) is 5.25. The van der Waals surface area contributed by atoms with Gasteiger partial charge in [-0.1, -0.05) is 25.6 Å². The molecule has 88 valence electrons. The van der Waals surface area contributed by atoms with Crippen LogP contribution in [-0.4, -0.2) is 15.5 Å². The van der Waals surface area contributed by atoms with Gasteiger partial charge < -0.3 is 11.1 Å². The summed E-state index contributed by atoms with van der Waals surface area (Å²) in [6, 6.07) is 3.71. The van der Waals surface area contributed by atoms with Crippen molar-refractivity contribution in [2.24, 2.45) is 5.73 Å². The molecule has 0 aliphatic rings. The first-order valence-electron chi connectivity index (χ1n) is 5.48. The number of hydrogen-bond donors (Lipinski definition) is 2. The summed E-state index contributed by atoms with van der Waals surface area (Å²) in [5.74, 6) is 0.823. The number of anilines is 1. The van der Waals surface area contributed by atoms with Gasteiger partial charge in [-0.25, -0.2) is 4.98 Å². The van der Waals surface area contributed by atoms with E-state index in [9.17, 15) is 0 Å². The molecule has 1 rings (SSSR count). The molecule has 1 aromatic rings. The summed E-state index contributed by atoms with van der Waals surface area (Å²) < 4.78 is 0. The molecule has 0 aliphatic carbocycles. The van der Waals surface area contributed by atoms with Crippen LogP contribution in [-0.2, 0) is 0 Å². The van der Waals surface area contributed by atoms with Crippen LogP contribution in [0.4, 0.5) is 5.82 Å². The van der Waals surface area contributed by atoms with Crippen molar-refractivity contribution >= 4 is 23.0 Å². The lowest BCUT2D eigenvalue weighted by Crippen LogP contribution is -2.31.